The number of fused-ring (bicyclic) bond motifs is 1. The maximum atomic E-state index is 6.28. The number of aromatic nitrogens is 1. The number of aromatic amines is 1. The van der Waals surface area contributed by atoms with Crippen molar-refractivity contribution >= 4 is 22.5 Å². The highest BCUT2D eigenvalue weighted by molar-refractivity contribution is 6.36. The first-order valence-electron chi connectivity index (χ1n) is 5.55. The van der Waals surface area contributed by atoms with Crippen molar-refractivity contribution in [2.24, 2.45) is 5.73 Å². The quantitative estimate of drug-likeness (QED) is 0.882. The smallest absolute Gasteiger partial charge is 0.143 e. The Morgan fingerprint density at radius 3 is 2.71 bits per heavy atom. The van der Waals surface area contributed by atoms with Crippen LogP contribution in [0.2, 0.25) is 5.02 Å². The number of ether oxygens (including phenoxy) is 1. The van der Waals surface area contributed by atoms with Gasteiger partial charge in [-0.3, -0.25) is 0 Å². The van der Waals surface area contributed by atoms with E-state index in [1.165, 1.54) is 0 Å². The van der Waals surface area contributed by atoms with E-state index >= 15 is 0 Å². The molecule has 0 spiro atoms. The van der Waals surface area contributed by atoms with E-state index in [9.17, 15) is 0 Å². The highest BCUT2D eigenvalue weighted by atomic mass is 35.5. The second kappa shape index (κ2) is 4.24. The summed E-state index contributed by atoms with van der Waals surface area (Å²) in [6.07, 6.45) is 1.96. The number of benzene rings is 1. The summed E-state index contributed by atoms with van der Waals surface area (Å²) in [6.45, 7) is 4.77. The van der Waals surface area contributed by atoms with Gasteiger partial charge in [0.1, 0.15) is 5.75 Å². The third kappa shape index (κ3) is 1.90. The molecule has 0 fully saturated rings. The Balaban J connectivity index is 2.76. The number of rotatable bonds is 3. The fraction of sp³-hybridized carbons (Fsp3) is 0.385. The molecule has 2 aromatic rings. The van der Waals surface area contributed by atoms with Crippen LogP contribution in [0.1, 0.15) is 19.4 Å². The maximum absolute atomic E-state index is 6.28. The molecule has 0 saturated heterocycles. The Labute approximate surface area is 106 Å². The average molecular weight is 253 g/mol. The van der Waals surface area contributed by atoms with Crippen LogP contribution >= 0.6 is 11.6 Å². The Morgan fingerprint density at radius 2 is 2.12 bits per heavy atom. The van der Waals surface area contributed by atoms with E-state index < -0.39 is 0 Å². The van der Waals surface area contributed by atoms with Gasteiger partial charge in [0.2, 0.25) is 0 Å². The standard InChI is InChI=1S/C13H17ClN2O/c1-13(2,7-15)8-6-16-12-10(17-3)5-4-9(14)11(8)12/h4-6,16H,7,15H2,1-3H3. The molecule has 0 amide bonds. The van der Waals surface area contributed by atoms with Crippen molar-refractivity contribution in [2.45, 2.75) is 19.3 Å². The molecule has 0 saturated carbocycles. The third-order valence-electron chi connectivity index (χ3n) is 3.21. The molecule has 1 aromatic carbocycles. The molecule has 0 aliphatic carbocycles. The summed E-state index contributed by atoms with van der Waals surface area (Å²) in [6, 6.07) is 3.72. The van der Waals surface area contributed by atoms with Crippen molar-refractivity contribution in [3.05, 3.63) is 28.9 Å². The summed E-state index contributed by atoms with van der Waals surface area (Å²) in [5, 5.41) is 1.72. The molecular formula is C13H17ClN2O. The number of hydrogen-bond acceptors (Lipinski definition) is 2. The number of H-pyrrole nitrogens is 1. The van der Waals surface area contributed by atoms with Crippen molar-refractivity contribution in [3.63, 3.8) is 0 Å². The van der Waals surface area contributed by atoms with E-state index in [2.05, 4.69) is 18.8 Å². The number of halogens is 1. The van der Waals surface area contributed by atoms with Crippen LogP contribution < -0.4 is 10.5 Å². The van der Waals surface area contributed by atoms with Crippen LogP contribution in [0.3, 0.4) is 0 Å². The Hall–Kier alpha value is -1.19. The fourth-order valence-electron chi connectivity index (χ4n) is 2.00. The number of nitrogens with one attached hydrogen (secondary N) is 1. The first-order chi connectivity index (χ1) is 8.01. The third-order valence-corrected chi connectivity index (χ3v) is 3.52. The number of hydrogen-bond donors (Lipinski definition) is 2. The summed E-state index contributed by atoms with van der Waals surface area (Å²) in [7, 11) is 1.65. The SMILES string of the molecule is COc1ccc(Cl)c2c(C(C)(C)CN)c[nH]c12. The van der Waals surface area contributed by atoms with Crippen LogP contribution in [0.15, 0.2) is 18.3 Å². The molecule has 1 heterocycles. The summed E-state index contributed by atoms with van der Waals surface area (Å²) in [4.78, 5) is 3.22. The lowest BCUT2D eigenvalue weighted by atomic mass is 9.84. The zero-order valence-electron chi connectivity index (χ0n) is 10.3. The zero-order chi connectivity index (χ0) is 12.6. The fourth-order valence-corrected chi connectivity index (χ4v) is 2.25. The van der Waals surface area contributed by atoms with Gasteiger partial charge in [-0.25, -0.2) is 0 Å². The van der Waals surface area contributed by atoms with E-state index in [0.717, 1.165) is 27.2 Å². The maximum Gasteiger partial charge on any atom is 0.143 e. The second-order valence-electron chi connectivity index (χ2n) is 4.79. The van der Waals surface area contributed by atoms with Gasteiger partial charge in [0.25, 0.3) is 0 Å². The van der Waals surface area contributed by atoms with Crippen LogP contribution in [0.5, 0.6) is 5.75 Å². The normalized spacial score (nSPS) is 12.1. The van der Waals surface area contributed by atoms with Crippen LogP contribution in [0, 0.1) is 0 Å². The first-order valence-corrected chi connectivity index (χ1v) is 5.93. The highest BCUT2D eigenvalue weighted by Gasteiger charge is 2.24. The van der Waals surface area contributed by atoms with E-state index in [0.29, 0.717) is 6.54 Å². The highest BCUT2D eigenvalue weighted by Crippen LogP contribution is 2.38. The molecule has 0 unspecified atom stereocenters. The minimum atomic E-state index is -0.117. The molecule has 0 bridgehead atoms. The molecule has 0 radical (unpaired) electrons. The largest absolute Gasteiger partial charge is 0.495 e. The van der Waals surface area contributed by atoms with E-state index in [1.807, 2.05) is 18.3 Å². The van der Waals surface area contributed by atoms with Gasteiger partial charge in [0.05, 0.1) is 17.6 Å². The van der Waals surface area contributed by atoms with Crippen molar-refractivity contribution in [2.75, 3.05) is 13.7 Å². The minimum Gasteiger partial charge on any atom is -0.495 e. The Morgan fingerprint density at radius 1 is 1.41 bits per heavy atom. The molecule has 4 heteroatoms. The van der Waals surface area contributed by atoms with Crippen LogP contribution in [0.4, 0.5) is 0 Å². The molecule has 2 rings (SSSR count). The lowest BCUT2D eigenvalue weighted by Gasteiger charge is -2.22. The lowest BCUT2D eigenvalue weighted by molar-refractivity contribution is 0.419. The predicted octanol–water partition coefficient (Wildman–Crippen LogP) is 3.07. The number of nitrogens with two attached hydrogens (primary N) is 1. The van der Waals surface area contributed by atoms with Gasteiger partial charge in [0, 0.05) is 23.5 Å². The van der Waals surface area contributed by atoms with Crippen LogP contribution in [0.25, 0.3) is 10.9 Å². The van der Waals surface area contributed by atoms with Gasteiger partial charge in [-0.1, -0.05) is 25.4 Å². The molecule has 1 aromatic heterocycles. The molecular weight excluding hydrogens is 236 g/mol. The summed E-state index contributed by atoms with van der Waals surface area (Å²) < 4.78 is 5.32. The van der Waals surface area contributed by atoms with Crippen molar-refractivity contribution in [1.82, 2.24) is 4.98 Å². The van der Waals surface area contributed by atoms with Gasteiger partial charge in [-0.15, -0.1) is 0 Å². The van der Waals surface area contributed by atoms with Crippen molar-refractivity contribution < 1.29 is 4.74 Å². The zero-order valence-corrected chi connectivity index (χ0v) is 11.1. The molecule has 92 valence electrons. The molecule has 0 atom stereocenters. The van der Waals surface area contributed by atoms with E-state index in [-0.39, 0.29) is 5.41 Å². The van der Waals surface area contributed by atoms with E-state index in [1.54, 1.807) is 7.11 Å². The molecule has 3 N–H and O–H groups in total. The van der Waals surface area contributed by atoms with Crippen molar-refractivity contribution in [1.29, 1.82) is 0 Å². The average Bonchev–Trinajstić information content (AvgIpc) is 2.76. The van der Waals surface area contributed by atoms with E-state index in [4.69, 9.17) is 22.1 Å². The van der Waals surface area contributed by atoms with Gasteiger partial charge >= 0.3 is 0 Å². The summed E-state index contributed by atoms with van der Waals surface area (Å²) in [5.74, 6) is 0.795. The predicted molar refractivity (Wildman–Crippen MR) is 71.9 cm³/mol. The summed E-state index contributed by atoms with van der Waals surface area (Å²) in [5.41, 5.74) is 7.76. The molecule has 0 aliphatic heterocycles. The van der Waals surface area contributed by atoms with Crippen LogP contribution in [-0.4, -0.2) is 18.6 Å². The van der Waals surface area contributed by atoms with Gasteiger partial charge in [0.15, 0.2) is 0 Å². The first kappa shape index (κ1) is 12.3. The molecule has 3 nitrogen and oxygen atoms in total. The van der Waals surface area contributed by atoms with Gasteiger partial charge < -0.3 is 15.5 Å². The minimum absolute atomic E-state index is 0.117. The summed E-state index contributed by atoms with van der Waals surface area (Å²) >= 11 is 6.28. The number of methoxy groups -OCH3 is 1. The lowest BCUT2D eigenvalue weighted by Crippen LogP contribution is -2.27. The van der Waals surface area contributed by atoms with Gasteiger partial charge in [-0.2, -0.15) is 0 Å². The van der Waals surface area contributed by atoms with Gasteiger partial charge in [-0.05, 0) is 17.7 Å². The monoisotopic (exact) mass is 252 g/mol. The topological polar surface area (TPSA) is 51.0 Å². The second-order valence-corrected chi connectivity index (χ2v) is 5.20. The van der Waals surface area contributed by atoms with Crippen LogP contribution in [-0.2, 0) is 5.41 Å². The molecule has 0 aliphatic rings. The van der Waals surface area contributed by atoms with Crippen molar-refractivity contribution in [3.8, 4) is 5.75 Å². The molecule has 17 heavy (non-hydrogen) atoms. The Kier molecular flexibility index (Phi) is 3.06. The Bertz CT molecular complexity index is 546.